The first-order valence-electron chi connectivity index (χ1n) is 11.5. The molecule has 0 amide bonds. The SMILES string of the molecule is CC(C)CP(CC(C)C)c1cc2ccccc2[cH-]1.CCCCC1=[C-]CC=C1C.[Cl][Ti][Cl]. The third-order valence-corrected chi connectivity index (χ3v) is 8.45. The topological polar surface area (TPSA) is 0 Å². The molecule has 172 valence electrons. The fourth-order valence-corrected chi connectivity index (χ4v) is 6.69. The van der Waals surface area contributed by atoms with E-state index < -0.39 is 17.0 Å². The van der Waals surface area contributed by atoms with Crippen LogP contribution in [0.25, 0.3) is 10.8 Å². The van der Waals surface area contributed by atoms with Gasteiger partial charge in [0.05, 0.1) is 0 Å². The summed E-state index contributed by atoms with van der Waals surface area (Å²) in [4.78, 5) is 0. The van der Waals surface area contributed by atoms with Crippen LogP contribution in [0.3, 0.4) is 0 Å². The second-order valence-electron chi connectivity index (χ2n) is 8.96. The van der Waals surface area contributed by atoms with Gasteiger partial charge >= 0.3 is 35.6 Å². The van der Waals surface area contributed by atoms with Crippen molar-refractivity contribution in [3.8, 4) is 0 Å². The standard InChI is InChI=1S/C17H24P.C10H15.2ClH.Ti/c1-13(2)11-18(12-14(3)4)17-9-15-7-5-6-8-16(15)10-17;1-3-4-7-10-8-5-6-9(10)2;;;/h5-10,13-14H,11-12H2,1-4H3;6H,3-5,7H2,1-2H3;2*1H;/q2*-1;;;+2/p-2. The fraction of sp³-hybridized carbons (Fsp3) is 0.519. The molecule has 0 atom stereocenters. The summed E-state index contributed by atoms with van der Waals surface area (Å²) >= 11 is -0.556. The molecule has 1 aliphatic rings. The molecule has 1 aliphatic carbocycles. The molecule has 0 heterocycles. The van der Waals surface area contributed by atoms with Gasteiger partial charge < -0.3 is 0 Å². The van der Waals surface area contributed by atoms with Gasteiger partial charge in [-0.25, -0.2) is 11.1 Å². The quantitative estimate of drug-likeness (QED) is 0.187. The minimum absolute atomic E-state index is 0.0185. The van der Waals surface area contributed by atoms with Gasteiger partial charge in [-0.1, -0.05) is 67.9 Å². The molecular formula is C27H39Cl2PTi-2. The average molecular weight is 513 g/mol. The van der Waals surface area contributed by atoms with Gasteiger partial charge in [-0.2, -0.15) is 12.1 Å². The summed E-state index contributed by atoms with van der Waals surface area (Å²) in [5.41, 5.74) is 2.91. The Morgan fingerprint density at radius 3 is 2.19 bits per heavy atom. The van der Waals surface area contributed by atoms with Gasteiger partial charge in [0.1, 0.15) is 0 Å². The third-order valence-electron chi connectivity index (χ3n) is 5.12. The van der Waals surface area contributed by atoms with Crippen LogP contribution in [0.1, 0.15) is 67.2 Å². The van der Waals surface area contributed by atoms with Crippen molar-refractivity contribution in [2.75, 3.05) is 12.3 Å². The van der Waals surface area contributed by atoms with E-state index in [1.54, 1.807) is 5.30 Å². The molecule has 0 fully saturated rings. The maximum atomic E-state index is 4.89. The van der Waals surface area contributed by atoms with Crippen molar-refractivity contribution in [1.82, 2.24) is 0 Å². The van der Waals surface area contributed by atoms with E-state index in [4.69, 9.17) is 18.6 Å². The van der Waals surface area contributed by atoms with E-state index in [9.17, 15) is 0 Å². The summed E-state index contributed by atoms with van der Waals surface area (Å²) in [6.45, 7) is 13.8. The van der Waals surface area contributed by atoms with Crippen LogP contribution in [0.15, 0.2) is 53.6 Å². The first-order valence-corrected chi connectivity index (χ1v) is 17.5. The second-order valence-corrected chi connectivity index (χ2v) is 13.9. The monoisotopic (exact) mass is 512 g/mol. The zero-order valence-electron chi connectivity index (χ0n) is 20.1. The zero-order valence-corrected chi connectivity index (χ0v) is 24.1. The Labute approximate surface area is 209 Å². The number of allylic oxidation sites excluding steroid dienone is 4. The molecule has 0 unspecified atom stereocenters. The van der Waals surface area contributed by atoms with Crippen molar-refractivity contribution in [2.24, 2.45) is 11.8 Å². The Morgan fingerprint density at radius 2 is 1.71 bits per heavy atom. The molecular weight excluding hydrogens is 474 g/mol. The van der Waals surface area contributed by atoms with Crippen LogP contribution >= 0.6 is 26.5 Å². The molecule has 2 aromatic rings. The van der Waals surface area contributed by atoms with Gasteiger partial charge in [0.2, 0.25) is 0 Å². The van der Waals surface area contributed by atoms with Crippen LogP contribution < -0.4 is 5.30 Å². The van der Waals surface area contributed by atoms with Crippen LogP contribution in [0.5, 0.6) is 0 Å². The molecule has 4 heteroatoms. The summed E-state index contributed by atoms with van der Waals surface area (Å²) < 4.78 is 0. The molecule has 0 spiro atoms. The number of fused-ring (bicyclic) bond motifs is 1. The van der Waals surface area contributed by atoms with Crippen molar-refractivity contribution in [1.29, 1.82) is 0 Å². The summed E-state index contributed by atoms with van der Waals surface area (Å²) in [7, 11) is 9.80. The van der Waals surface area contributed by atoms with Crippen molar-refractivity contribution < 1.29 is 17.0 Å². The minimum atomic E-state index is -0.556. The van der Waals surface area contributed by atoms with Crippen LogP contribution in [0, 0.1) is 17.9 Å². The Kier molecular flexibility index (Phi) is 15.6. The number of unbranched alkanes of at least 4 members (excludes halogenated alkanes) is 1. The van der Waals surface area contributed by atoms with Crippen molar-refractivity contribution >= 4 is 42.6 Å². The van der Waals surface area contributed by atoms with Gasteiger partial charge in [0.25, 0.3) is 0 Å². The molecule has 0 bridgehead atoms. The molecule has 0 radical (unpaired) electrons. The van der Waals surface area contributed by atoms with Crippen molar-refractivity contribution in [3.05, 3.63) is 59.7 Å². The fourth-order valence-electron chi connectivity index (χ4n) is 3.71. The van der Waals surface area contributed by atoms with Crippen LogP contribution in [-0.4, -0.2) is 12.3 Å². The van der Waals surface area contributed by atoms with Crippen LogP contribution in [0.4, 0.5) is 0 Å². The molecule has 0 nitrogen and oxygen atoms in total. The van der Waals surface area contributed by atoms with E-state index in [0.29, 0.717) is 0 Å². The first-order chi connectivity index (χ1) is 14.8. The molecule has 0 saturated heterocycles. The average Bonchev–Trinajstić information content (AvgIpc) is 3.32. The van der Waals surface area contributed by atoms with E-state index >= 15 is 0 Å². The number of hydrogen-bond acceptors (Lipinski definition) is 0. The first kappa shape index (κ1) is 29.1. The Morgan fingerprint density at radius 1 is 1.10 bits per heavy atom. The molecule has 0 aromatic heterocycles. The summed E-state index contributed by atoms with van der Waals surface area (Å²) in [5.74, 6) is 1.60. The van der Waals surface area contributed by atoms with Gasteiger partial charge in [0, 0.05) is 0 Å². The summed E-state index contributed by atoms with van der Waals surface area (Å²) in [6.07, 6.45) is 13.2. The Hall–Kier alpha value is 0.0343. The molecule has 0 N–H and O–H groups in total. The Bertz CT molecular complexity index is 761. The molecule has 31 heavy (non-hydrogen) atoms. The number of hydrogen-bond donors (Lipinski definition) is 0. The van der Waals surface area contributed by atoms with E-state index in [1.165, 1.54) is 53.5 Å². The van der Waals surface area contributed by atoms with E-state index in [1.807, 2.05) is 0 Å². The normalized spacial score (nSPS) is 13.0. The number of rotatable bonds is 8. The summed E-state index contributed by atoms with van der Waals surface area (Å²) in [6, 6.07) is 13.6. The van der Waals surface area contributed by atoms with E-state index in [-0.39, 0.29) is 7.92 Å². The van der Waals surface area contributed by atoms with Crippen LogP contribution in [-0.2, 0) is 17.0 Å². The molecule has 3 rings (SSSR count). The number of benzene rings is 1. The second kappa shape index (κ2) is 16.6. The van der Waals surface area contributed by atoms with Crippen molar-refractivity contribution in [2.45, 2.75) is 67.2 Å². The molecule has 2 aromatic carbocycles. The predicted molar refractivity (Wildman–Crippen MR) is 142 cm³/mol. The van der Waals surface area contributed by atoms with Gasteiger partial charge in [-0.05, 0) is 24.2 Å². The van der Waals surface area contributed by atoms with E-state index in [0.717, 1.165) is 18.3 Å². The zero-order chi connectivity index (χ0) is 23.2. The van der Waals surface area contributed by atoms with Crippen LogP contribution in [0.2, 0.25) is 0 Å². The third kappa shape index (κ3) is 11.6. The van der Waals surface area contributed by atoms with Gasteiger partial charge in [0.15, 0.2) is 0 Å². The van der Waals surface area contributed by atoms with Crippen molar-refractivity contribution in [3.63, 3.8) is 0 Å². The molecule has 0 aliphatic heterocycles. The van der Waals surface area contributed by atoms with E-state index in [2.05, 4.69) is 90.1 Å². The Balaban J connectivity index is 0.000000311. The van der Waals surface area contributed by atoms with Gasteiger partial charge in [-0.15, -0.1) is 53.7 Å². The molecule has 0 saturated carbocycles. The maximum absolute atomic E-state index is 4.89. The predicted octanol–water partition coefficient (Wildman–Crippen LogP) is 9.61. The van der Waals surface area contributed by atoms with Gasteiger partial charge in [-0.3, -0.25) is 6.08 Å². The number of halogens is 2. The summed E-state index contributed by atoms with van der Waals surface area (Å²) in [5, 5.41) is 4.42.